The summed E-state index contributed by atoms with van der Waals surface area (Å²) in [6.45, 7) is 6.47. The zero-order valence-corrected chi connectivity index (χ0v) is 10.7. The van der Waals surface area contributed by atoms with E-state index in [1.165, 1.54) is 0 Å². The van der Waals surface area contributed by atoms with Crippen molar-refractivity contribution in [3.8, 4) is 6.07 Å². The molecular formula is C13H20N4. The Hall–Kier alpha value is -1.76. The largest absolute Gasteiger partial charge is 0.395 e. The van der Waals surface area contributed by atoms with Crippen LogP contribution in [0.1, 0.15) is 39.2 Å². The monoisotopic (exact) mass is 232 g/mol. The lowest BCUT2D eigenvalue weighted by molar-refractivity contribution is 0.437. The lowest BCUT2D eigenvalue weighted by atomic mass is 9.95. The summed E-state index contributed by atoms with van der Waals surface area (Å²) in [5, 5.41) is 12.2. The van der Waals surface area contributed by atoms with Crippen LogP contribution in [0, 0.1) is 17.2 Å². The van der Waals surface area contributed by atoms with Crippen LogP contribution in [0.4, 0.5) is 11.5 Å². The maximum absolute atomic E-state index is 8.89. The third-order valence-electron chi connectivity index (χ3n) is 3.23. The quantitative estimate of drug-likeness (QED) is 0.818. The molecule has 0 aromatic carbocycles. The Bertz CT molecular complexity index is 404. The zero-order valence-electron chi connectivity index (χ0n) is 10.7. The Balaban J connectivity index is 2.85. The Morgan fingerprint density at radius 1 is 1.47 bits per heavy atom. The molecule has 1 heterocycles. The van der Waals surface area contributed by atoms with Crippen molar-refractivity contribution < 1.29 is 0 Å². The van der Waals surface area contributed by atoms with Gasteiger partial charge in [-0.15, -0.1) is 0 Å². The van der Waals surface area contributed by atoms with E-state index in [0.717, 1.165) is 12.8 Å². The fraction of sp³-hybridized carbons (Fsp3) is 0.538. The van der Waals surface area contributed by atoms with E-state index in [-0.39, 0.29) is 0 Å². The molecule has 0 spiro atoms. The molecule has 1 aromatic heterocycles. The van der Waals surface area contributed by atoms with Gasteiger partial charge in [-0.05, 0) is 18.9 Å². The molecule has 92 valence electrons. The SMILES string of the molecule is CCC(CC)C(C)Nc1nccc(C#N)c1N. The molecule has 1 unspecified atom stereocenters. The average Bonchev–Trinajstić information content (AvgIpc) is 2.33. The minimum atomic E-state index is 0.300. The number of hydrogen-bond acceptors (Lipinski definition) is 4. The van der Waals surface area contributed by atoms with Crippen LogP contribution < -0.4 is 11.1 Å². The van der Waals surface area contributed by atoms with Gasteiger partial charge in [0.15, 0.2) is 5.82 Å². The fourth-order valence-corrected chi connectivity index (χ4v) is 2.02. The minimum absolute atomic E-state index is 0.300. The van der Waals surface area contributed by atoms with E-state index in [0.29, 0.717) is 29.0 Å². The second kappa shape index (κ2) is 6.09. The second-order valence-electron chi connectivity index (χ2n) is 4.24. The molecule has 0 saturated carbocycles. The summed E-state index contributed by atoms with van der Waals surface area (Å²) in [4.78, 5) is 4.19. The molecule has 0 bridgehead atoms. The first-order valence-corrected chi connectivity index (χ1v) is 6.05. The van der Waals surface area contributed by atoms with E-state index in [4.69, 9.17) is 11.0 Å². The summed E-state index contributed by atoms with van der Waals surface area (Å²) in [7, 11) is 0. The lowest BCUT2D eigenvalue weighted by Crippen LogP contribution is -2.26. The third kappa shape index (κ3) is 3.10. The van der Waals surface area contributed by atoms with E-state index < -0.39 is 0 Å². The molecule has 0 aliphatic heterocycles. The highest BCUT2D eigenvalue weighted by molar-refractivity contribution is 5.69. The Morgan fingerprint density at radius 2 is 2.12 bits per heavy atom. The van der Waals surface area contributed by atoms with Crippen LogP contribution in [0.2, 0.25) is 0 Å². The normalized spacial score (nSPS) is 12.2. The summed E-state index contributed by atoms with van der Waals surface area (Å²) < 4.78 is 0. The standard InChI is InChI=1S/C13H20N4/c1-4-10(5-2)9(3)17-13-12(15)11(8-14)6-7-16-13/h6-7,9-10H,4-5,15H2,1-3H3,(H,16,17). The summed E-state index contributed by atoms with van der Waals surface area (Å²) in [5.74, 6) is 1.20. The first-order valence-electron chi connectivity index (χ1n) is 6.05. The summed E-state index contributed by atoms with van der Waals surface area (Å²) >= 11 is 0. The molecule has 0 aliphatic carbocycles. The number of nitrogens with two attached hydrogens (primary N) is 1. The Labute approximate surface area is 103 Å². The molecule has 4 heteroatoms. The highest BCUT2D eigenvalue weighted by Crippen LogP contribution is 2.23. The maximum atomic E-state index is 8.89. The molecule has 0 fully saturated rings. The van der Waals surface area contributed by atoms with Gasteiger partial charge in [0.25, 0.3) is 0 Å². The number of aromatic nitrogens is 1. The minimum Gasteiger partial charge on any atom is -0.395 e. The number of nitrogens with one attached hydrogen (secondary N) is 1. The predicted molar refractivity (Wildman–Crippen MR) is 70.5 cm³/mol. The van der Waals surface area contributed by atoms with Crippen molar-refractivity contribution in [2.75, 3.05) is 11.1 Å². The van der Waals surface area contributed by atoms with Crippen molar-refractivity contribution in [3.63, 3.8) is 0 Å². The molecule has 0 amide bonds. The number of anilines is 2. The van der Waals surface area contributed by atoms with E-state index >= 15 is 0 Å². The molecule has 1 atom stereocenters. The highest BCUT2D eigenvalue weighted by Gasteiger charge is 2.15. The van der Waals surface area contributed by atoms with Crippen LogP contribution in [-0.2, 0) is 0 Å². The smallest absolute Gasteiger partial charge is 0.150 e. The van der Waals surface area contributed by atoms with Gasteiger partial charge in [0.1, 0.15) is 6.07 Å². The maximum Gasteiger partial charge on any atom is 0.150 e. The number of rotatable bonds is 5. The van der Waals surface area contributed by atoms with E-state index in [2.05, 4.69) is 37.1 Å². The number of pyridine rings is 1. The van der Waals surface area contributed by atoms with Crippen LogP contribution in [-0.4, -0.2) is 11.0 Å². The molecule has 1 aromatic rings. The molecule has 1 rings (SSSR count). The zero-order chi connectivity index (χ0) is 12.8. The van der Waals surface area contributed by atoms with E-state index in [1.807, 2.05) is 0 Å². The van der Waals surface area contributed by atoms with Gasteiger partial charge in [-0.25, -0.2) is 4.98 Å². The Kier molecular flexibility index (Phi) is 4.77. The molecule has 0 radical (unpaired) electrons. The summed E-state index contributed by atoms with van der Waals surface area (Å²) in [6, 6.07) is 3.99. The number of hydrogen-bond donors (Lipinski definition) is 2. The van der Waals surface area contributed by atoms with Gasteiger partial charge >= 0.3 is 0 Å². The molecular weight excluding hydrogens is 212 g/mol. The van der Waals surface area contributed by atoms with Crippen molar-refractivity contribution in [1.82, 2.24) is 4.98 Å². The molecule has 17 heavy (non-hydrogen) atoms. The number of nitrogens with zero attached hydrogens (tertiary/aromatic N) is 2. The first kappa shape index (κ1) is 13.3. The molecule has 0 saturated heterocycles. The molecule has 0 aliphatic rings. The van der Waals surface area contributed by atoms with Crippen LogP contribution in [0.5, 0.6) is 0 Å². The van der Waals surface area contributed by atoms with Crippen molar-refractivity contribution in [2.24, 2.45) is 5.92 Å². The van der Waals surface area contributed by atoms with Gasteiger partial charge in [-0.1, -0.05) is 26.7 Å². The van der Waals surface area contributed by atoms with Crippen molar-refractivity contribution in [2.45, 2.75) is 39.7 Å². The van der Waals surface area contributed by atoms with Gasteiger partial charge in [0.2, 0.25) is 0 Å². The van der Waals surface area contributed by atoms with Crippen molar-refractivity contribution in [1.29, 1.82) is 5.26 Å². The van der Waals surface area contributed by atoms with Crippen LogP contribution >= 0.6 is 0 Å². The van der Waals surface area contributed by atoms with Crippen LogP contribution in [0.15, 0.2) is 12.3 Å². The van der Waals surface area contributed by atoms with Crippen molar-refractivity contribution >= 4 is 11.5 Å². The highest BCUT2D eigenvalue weighted by atomic mass is 15.0. The van der Waals surface area contributed by atoms with Gasteiger partial charge in [0.05, 0.1) is 11.3 Å². The van der Waals surface area contributed by atoms with Crippen molar-refractivity contribution in [3.05, 3.63) is 17.8 Å². The predicted octanol–water partition coefficient (Wildman–Crippen LogP) is 2.77. The summed E-state index contributed by atoms with van der Waals surface area (Å²) in [5.41, 5.74) is 6.79. The van der Waals surface area contributed by atoms with Gasteiger partial charge in [-0.2, -0.15) is 5.26 Å². The summed E-state index contributed by atoms with van der Waals surface area (Å²) in [6.07, 6.45) is 3.84. The fourth-order valence-electron chi connectivity index (χ4n) is 2.02. The van der Waals surface area contributed by atoms with Gasteiger partial charge in [0, 0.05) is 12.2 Å². The van der Waals surface area contributed by atoms with Crippen LogP contribution in [0.25, 0.3) is 0 Å². The molecule has 4 nitrogen and oxygen atoms in total. The first-order chi connectivity index (χ1) is 8.13. The second-order valence-corrected chi connectivity index (χ2v) is 4.24. The third-order valence-corrected chi connectivity index (χ3v) is 3.23. The van der Waals surface area contributed by atoms with E-state index in [9.17, 15) is 0 Å². The van der Waals surface area contributed by atoms with Crippen LogP contribution in [0.3, 0.4) is 0 Å². The van der Waals surface area contributed by atoms with E-state index in [1.54, 1.807) is 12.3 Å². The lowest BCUT2D eigenvalue weighted by Gasteiger charge is -2.23. The van der Waals surface area contributed by atoms with Gasteiger partial charge < -0.3 is 11.1 Å². The van der Waals surface area contributed by atoms with Gasteiger partial charge in [-0.3, -0.25) is 0 Å². The average molecular weight is 232 g/mol. The Morgan fingerprint density at radius 3 is 2.65 bits per heavy atom. The topological polar surface area (TPSA) is 74.7 Å². The number of nitrogen functional groups attached to an aromatic ring is 1. The molecule has 3 N–H and O–H groups in total. The number of nitriles is 1.